The first kappa shape index (κ1) is 19.7. The molecule has 4 N–H and O–H groups in total. The third-order valence-corrected chi connectivity index (χ3v) is 5.68. The van der Waals surface area contributed by atoms with Crippen molar-refractivity contribution < 1.29 is 19.4 Å². The van der Waals surface area contributed by atoms with Crippen LogP contribution in [0.1, 0.15) is 37.7 Å². The number of piperidine rings is 1. The number of likely N-dealkylation sites (tertiary alicyclic amines) is 1. The molecule has 2 amide bonds. The highest BCUT2D eigenvalue weighted by Gasteiger charge is 2.38. The van der Waals surface area contributed by atoms with Gasteiger partial charge in [0.1, 0.15) is 11.8 Å². The lowest BCUT2D eigenvalue weighted by atomic mass is 10.1. The summed E-state index contributed by atoms with van der Waals surface area (Å²) in [5.74, 6) is 0.598. The second-order valence-corrected chi connectivity index (χ2v) is 7.72. The number of amides is 2. The molecule has 156 valence electrons. The summed E-state index contributed by atoms with van der Waals surface area (Å²) in [5, 5.41) is 12.2. The molecule has 9 nitrogen and oxygen atoms in total. The molecule has 2 saturated heterocycles. The first-order valence-corrected chi connectivity index (χ1v) is 10.1. The fourth-order valence-corrected chi connectivity index (χ4v) is 4.13. The lowest BCUT2D eigenvalue weighted by molar-refractivity contribution is -0.122. The SMILES string of the molecule is NC(=O)CCC(Oc1ccc2c(c1)CN1C(=N2)NC(=O)C1CO)N1CCCCC1. The molecule has 4 rings (SSSR count). The van der Waals surface area contributed by atoms with Crippen molar-refractivity contribution in [3.8, 4) is 5.75 Å². The van der Waals surface area contributed by atoms with Crippen LogP contribution in [0.15, 0.2) is 23.2 Å². The Morgan fingerprint density at radius 2 is 2.14 bits per heavy atom. The molecule has 1 aromatic rings. The van der Waals surface area contributed by atoms with E-state index in [2.05, 4.69) is 15.2 Å². The first-order valence-electron chi connectivity index (χ1n) is 10.1. The summed E-state index contributed by atoms with van der Waals surface area (Å²) in [6.07, 6.45) is 4.08. The zero-order valence-corrected chi connectivity index (χ0v) is 16.3. The molecule has 3 aliphatic heterocycles. The van der Waals surface area contributed by atoms with Crippen LogP contribution < -0.4 is 15.8 Å². The van der Waals surface area contributed by atoms with Crippen LogP contribution in [0.3, 0.4) is 0 Å². The van der Waals surface area contributed by atoms with Gasteiger partial charge >= 0.3 is 0 Å². The van der Waals surface area contributed by atoms with Gasteiger partial charge in [0.2, 0.25) is 11.9 Å². The van der Waals surface area contributed by atoms with Crippen LogP contribution in [-0.2, 0) is 16.1 Å². The maximum atomic E-state index is 12.0. The summed E-state index contributed by atoms with van der Waals surface area (Å²) in [6, 6.07) is 5.03. The van der Waals surface area contributed by atoms with Gasteiger partial charge in [-0.1, -0.05) is 6.42 Å². The molecule has 1 aromatic carbocycles. The van der Waals surface area contributed by atoms with Gasteiger partial charge in [0, 0.05) is 38.0 Å². The third kappa shape index (κ3) is 4.20. The summed E-state index contributed by atoms with van der Waals surface area (Å²) in [7, 11) is 0. The molecule has 0 saturated carbocycles. The Labute approximate surface area is 169 Å². The second kappa shape index (κ2) is 8.38. The summed E-state index contributed by atoms with van der Waals surface area (Å²) < 4.78 is 6.28. The van der Waals surface area contributed by atoms with Crippen molar-refractivity contribution in [1.82, 2.24) is 15.1 Å². The molecule has 0 aliphatic carbocycles. The Kier molecular flexibility index (Phi) is 5.68. The Bertz CT molecular complexity index is 821. The normalized spacial score (nSPS) is 22.4. The van der Waals surface area contributed by atoms with Crippen molar-refractivity contribution in [1.29, 1.82) is 0 Å². The molecule has 2 unspecified atom stereocenters. The van der Waals surface area contributed by atoms with E-state index in [1.54, 1.807) is 4.90 Å². The minimum Gasteiger partial charge on any atom is -0.475 e. The summed E-state index contributed by atoms with van der Waals surface area (Å²) in [4.78, 5) is 31.8. The van der Waals surface area contributed by atoms with Crippen molar-refractivity contribution >= 4 is 23.5 Å². The standard InChI is InChI=1S/C20H27N5O4/c21-17(27)6-7-18(24-8-2-1-3-9-24)29-14-4-5-15-13(10-14)11-25-16(12-26)19(28)23-20(25)22-15/h4-5,10,16,18,26H,1-3,6-9,11-12H2,(H2,21,27)(H,22,23,28). The van der Waals surface area contributed by atoms with Gasteiger partial charge in [-0.3, -0.25) is 19.8 Å². The summed E-state index contributed by atoms with van der Waals surface area (Å²) >= 11 is 0. The molecule has 29 heavy (non-hydrogen) atoms. The lowest BCUT2D eigenvalue weighted by Crippen LogP contribution is -2.43. The van der Waals surface area contributed by atoms with Crippen LogP contribution in [0.2, 0.25) is 0 Å². The molecule has 0 radical (unpaired) electrons. The largest absolute Gasteiger partial charge is 0.475 e. The van der Waals surface area contributed by atoms with Gasteiger partial charge in [-0.15, -0.1) is 0 Å². The van der Waals surface area contributed by atoms with Crippen LogP contribution in [0.25, 0.3) is 0 Å². The number of carbonyl (C=O) groups excluding carboxylic acids is 2. The Morgan fingerprint density at radius 1 is 1.34 bits per heavy atom. The minimum absolute atomic E-state index is 0.205. The van der Waals surface area contributed by atoms with E-state index < -0.39 is 6.04 Å². The predicted octanol–water partition coefficient (Wildman–Crippen LogP) is 0.437. The van der Waals surface area contributed by atoms with Crippen molar-refractivity contribution in [3.63, 3.8) is 0 Å². The highest BCUT2D eigenvalue weighted by molar-refractivity contribution is 6.07. The van der Waals surface area contributed by atoms with Gasteiger partial charge in [-0.05, 0) is 31.0 Å². The Morgan fingerprint density at radius 3 is 2.86 bits per heavy atom. The van der Waals surface area contributed by atoms with Crippen molar-refractivity contribution in [2.24, 2.45) is 10.7 Å². The van der Waals surface area contributed by atoms with Crippen molar-refractivity contribution in [2.45, 2.75) is 50.9 Å². The van der Waals surface area contributed by atoms with Gasteiger partial charge in [0.15, 0.2) is 6.23 Å². The summed E-state index contributed by atoms with van der Waals surface area (Å²) in [6.45, 7) is 2.09. The first-order chi connectivity index (χ1) is 14.0. The maximum absolute atomic E-state index is 12.0. The van der Waals surface area contributed by atoms with Crippen LogP contribution in [-0.4, -0.2) is 64.6 Å². The molecule has 3 heterocycles. The molecule has 0 spiro atoms. The van der Waals surface area contributed by atoms with Crippen LogP contribution >= 0.6 is 0 Å². The number of nitrogens with two attached hydrogens (primary N) is 1. The number of guanidine groups is 1. The van der Waals surface area contributed by atoms with Crippen LogP contribution in [0.4, 0.5) is 5.69 Å². The average molecular weight is 401 g/mol. The van der Waals surface area contributed by atoms with E-state index in [-0.39, 0.29) is 31.1 Å². The monoisotopic (exact) mass is 401 g/mol. The van der Waals surface area contributed by atoms with Gasteiger partial charge in [-0.25, -0.2) is 4.99 Å². The van der Waals surface area contributed by atoms with Gasteiger partial charge in [-0.2, -0.15) is 0 Å². The van der Waals surface area contributed by atoms with Crippen LogP contribution in [0.5, 0.6) is 5.75 Å². The average Bonchev–Trinajstić information content (AvgIpc) is 3.03. The van der Waals surface area contributed by atoms with E-state index in [0.29, 0.717) is 24.7 Å². The van der Waals surface area contributed by atoms with E-state index in [4.69, 9.17) is 10.5 Å². The number of ether oxygens (including phenoxy) is 1. The number of nitrogens with zero attached hydrogens (tertiary/aromatic N) is 3. The number of hydrogen-bond donors (Lipinski definition) is 3. The quantitative estimate of drug-likeness (QED) is 0.610. The second-order valence-electron chi connectivity index (χ2n) is 7.72. The smallest absolute Gasteiger partial charge is 0.251 e. The number of aliphatic hydroxyl groups excluding tert-OH is 1. The topological polar surface area (TPSA) is 120 Å². The summed E-state index contributed by atoms with van der Waals surface area (Å²) in [5.41, 5.74) is 7.05. The zero-order valence-electron chi connectivity index (χ0n) is 16.3. The van der Waals surface area contributed by atoms with Gasteiger partial charge in [0.25, 0.3) is 5.91 Å². The molecule has 0 bridgehead atoms. The van der Waals surface area contributed by atoms with Crippen LogP contribution in [0, 0.1) is 0 Å². The minimum atomic E-state index is -0.622. The van der Waals surface area contributed by atoms with Crippen molar-refractivity contribution in [3.05, 3.63) is 23.8 Å². The predicted molar refractivity (Wildman–Crippen MR) is 106 cm³/mol. The number of benzene rings is 1. The lowest BCUT2D eigenvalue weighted by Gasteiger charge is -2.34. The molecule has 0 aromatic heterocycles. The number of nitrogens with one attached hydrogen (secondary N) is 1. The fourth-order valence-electron chi connectivity index (χ4n) is 4.13. The number of primary amides is 1. The fraction of sp³-hybridized carbons (Fsp3) is 0.550. The van der Waals surface area contributed by atoms with Crippen molar-refractivity contribution in [2.75, 3.05) is 19.7 Å². The highest BCUT2D eigenvalue weighted by atomic mass is 16.5. The molecular weight excluding hydrogens is 374 g/mol. The zero-order chi connectivity index (χ0) is 20.4. The number of hydrogen-bond acceptors (Lipinski definition) is 7. The van der Waals surface area contributed by atoms with E-state index >= 15 is 0 Å². The number of fused-ring (bicyclic) bond motifs is 2. The number of aliphatic imine (C=N–C) groups is 1. The molecule has 9 heteroatoms. The maximum Gasteiger partial charge on any atom is 0.251 e. The van der Waals surface area contributed by atoms with Gasteiger partial charge in [0.05, 0.1) is 12.3 Å². The number of rotatable bonds is 7. The molecule has 3 aliphatic rings. The van der Waals surface area contributed by atoms with Gasteiger partial charge < -0.3 is 20.5 Å². The Balaban J connectivity index is 1.51. The number of carbonyl (C=O) groups is 2. The van der Waals surface area contributed by atoms with E-state index in [1.807, 2.05) is 18.2 Å². The molecular formula is C20H27N5O4. The molecule has 2 atom stereocenters. The Hall–Kier alpha value is -2.65. The number of aliphatic hydroxyl groups is 1. The third-order valence-electron chi connectivity index (χ3n) is 5.68. The van der Waals surface area contributed by atoms with E-state index in [9.17, 15) is 14.7 Å². The molecule has 2 fully saturated rings. The van der Waals surface area contributed by atoms with E-state index in [1.165, 1.54) is 6.42 Å². The van der Waals surface area contributed by atoms with E-state index in [0.717, 1.165) is 37.2 Å². The highest BCUT2D eigenvalue weighted by Crippen LogP contribution is 2.32.